The van der Waals surface area contributed by atoms with Crippen molar-refractivity contribution in [1.82, 2.24) is 4.98 Å². The summed E-state index contributed by atoms with van der Waals surface area (Å²) in [5, 5.41) is 0.979. The molecule has 2 N–H and O–H groups in total. The monoisotopic (exact) mass is 276 g/mol. The minimum Gasteiger partial charge on any atom is -0.457 e. The fraction of sp³-hybridized carbons (Fsp3) is 0.167. The van der Waals surface area contributed by atoms with Gasteiger partial charge in [-0.15, -0.1) is 0 Å². The lowest BCUT2D eigenvalue weighted by Gasteiger charge is -2.10. The number of nitrogens with zero attached hydrogens (tertiary/aromatic N) is 1. The van der Waals surface area contributed by atoms with Crippen molar-refractivity contribution in [2.45, 2.75) is 19.3 Å². The molecule has 0 unspecified atom stereocenters. The van der Waals surface area contributed by atoms with Gasteiger partial charge in [0.2, 0.25) is 0 Å². The van der Waals surface area contributed by atoms with E-state index >= 15 is 0 Å². The van der Waals surface area contributed by atoms with Crippen LogP contribution >= 0.6 is 0 Å². The highest BCUT2D eigenvalue weighted by Gasteiger charge is 2.12. The Balaban J connectivity index is 1.74. The van der Waals surface area contributed by atoms with E-state index in [1.165, 1.54) is 24.0 Å². The maximum absolute atomic E-state index is 6.08. The first-order valence-corrected chi connectivity index (χ1v) is 7.23. The van der Waals surface area contributed by atoms with Crippen LogP contribution in [0.2, 0.25) is 0 Å². The Bertz CT molecular complexity index is 827. The molecule has 3 heteroatoms. The van der Waals surface area contributed by atoms with Crippen LogP contribution in [-0.4, -0.2) is 4.98 Å². The summed E-state index contributed by atoms with van der Waals surface area (Å²) in [4.78, 5) is 4.34. The Morgan fingerprint density at radius 1 is 0.952 bits per heavy atom. The first kappa shape index (κ1) is 12.2. The van der Waals surface area contributed by atoms with Crippen LogP contribution in [0.25, 0.3) is 10.9 Å². The largest absolute Gasteiger partial charge is 0.457 e. The van der Waals surface area contributed by atoms with Gasteiger partial charge in [0.1, 0.15) is 11.5 Å². The second-order valence-corrected chi connectivity index (χ2v) is 5.47. The molecule has 21 heavy (non-hydrogen) atoms. The fourth-order valence-corrected chi connectivity index (χ4v) is 2.97. The number of pyridine rings is 1. The van der Waals surface area contributed by atoms with E-state index in [9.17, 15) is 0 Å². The summed E-state index contributed by atoms with van der Waals surface area (Å²) in [6.45, 7) is 0. The zero-order valence-electron chi connectivity index (χ0n) is 11.7. The summed E-state index contributed by atoms with van der Waals surface area (Å²) in [5.74, 6) is 1.71. The molecular formula is C18H16N2O. The molecule has 4 rings (SSSR count). The number of rotatable bonds is 2. The number of hydrogen-bond donors (Lipinski definition) is 1. The molecule has 1 aromatic heterocycles. The SMILES string of the molecule is Nc1ccc2c(Oc3ccc4c(c3)CCC4)ccnc2c1. The van der Waals surface area contributed by atoms with E-state index in [1.807, 2.05) is 30.3 Å². The predicted octanol–water partition coefficient (Wildman–Crippen LogP) is 4.10. The number of nitrogen functional groups attached to an aromatic ring is 1. The molecular weight excluding hydrogens is 260 g/mol. The van der Waals surface area contributed by atoms with Gasteiger partial charge in [-0.05, 0) is 66.8 Å². The molecule has 0 saturated heterocycles. The molecule has 3 aromatic rings. The lowest BCUT2D eigenvalue weighted by atomic mass is 10.1. The van der Waals surface area contributed by atoms with Crippen LogP contribution in [0.1, 0.15) is 17.5 Å². The van der Waals surface area contributed by atoms with Gasteiger partial charge in [-0.25, -0.2) is 0 Å². The first-order chi connectivity index (χ1) is 10.3. The molecule has 104 valence electrons. The Kier molecular flexibility index (Phi) is 2.78. The summed E-state index contributed by atoms with van der Waals surface area (Å²) >= 11 is 0. The van der Waals surface area contributed by atoms with Gasteiger partial charge in [-0.2, -0.15) is 0 Å². The van der Waals surface area contributed by atoms with Gasteiger partial charge in [0.05, 0.1) is 5.52 Å². The minimum absolute atomic E-state index is 0.713. The van der Waals surface area contributed by atoms with E-state index in [0.29, 0.717) is 5.69 Å². The summed E-state index contributed by atoms with van der Waals surface area (Å²) in [5.41, 5.74) is 10.2. The lowest BCUT2D eigenvalue weighted by Crippen LogP contribution is -1.91. The van der Waals surface area contributed by atoms with E-state index in [4.69, 9.17) is 10.5 Å². The Morgan fingerprint density at radius 3 is 2.81 bits per heavy atom. The zero-order valence-corrected chi connectivity index (χ0v) is 11.7. The van der Waals surface area contributed by atoms with Gasteiger partial charge in [0, 0.05) is 17.3 Å². The average Bonchev–Trinajstić information content (AvgIpc) is 2.95. The quantitative estimate of drug-likeness (QED) is 0.717. The van der Waals surface area contributed by atoms with Crippen LogP contribution in [-0.2, 0) is 12.8 Å². The Labute approximate surface area is 123 Å². The van der Waals surface area contributed by atoms with Gasteiger partial charge >= 0.3 is 0 Å². The smallest absolute Gasteiger partial charge is 0.138 e. The number of fused-ring (bicyclic) bond motifs is 2. The Hall–Kier alpha value is -2.55. The van der Waals surface area contributed by atoms with Gasteiger partial charge < -0.3 is 10.5 Å². The van der Waals surface area contributed by atoms with Crippen molar-refractivity contribution in [3.63, 3.8) is 0 Å². The van der Waals surface area contributed by atoms with Crippen molar-refractivity contribution in [1.29, 1.82) is 0 Å². The minimum atomic E-state index is 0.713. The summed E-state index contributed by atoms with van der Waals surface area (Å²) in [6, 6.07) is 14.0. The normalized spacial score (nSPS) is 13.3. The average molecular weight is 276 g/mol. The zero-order chi connectivity index (χ0) is 14.2. The van der Waals surface area contributed by atoms with Crippen LogP contribution in [0, 0.1) is 0 Å². The van der Waals surface area contributed by atoms with Gasteiger partial charge in [0.25, 0.3) is 0 Å². The van der Waals surface area contributed by atoms with E-state index in [-0.39, 0.29) is 0 Å². The second-order valence-electron chi connectivity index (χ2n) is 5.47. The molecule has 0 amide bonds. The fourth-order valence-electron chi connectivity index (χ4n) is 2.97. The number of hydrogen-bond acceptors (Lipinski definition) is 3. The van der Waals surface area contributed by atoms with Crippen molar-refractivity contribution in [2.75, 3.05) is 5.73 Å². The number of benzene rings is 2. The number of aromatic nitrogens is 1. The summed E-state index contributed by atoms with van der Waals surface area (Å²) in [7, 11) is 0. The highest BCUT2D eigenvalue weighted by Crippen LogP contribution is 2.32. The van der Waals surface area contributed by atoms with Crippen molar-refractivity contribution < 1.29 is 4.74 Å². The second kappa shape index (κ2) is 4.77. The molecule has 0 atom stereocenters. The molecule has 1 aliphatic rings. The number of nitrogens with two attached hydrogens (primary N) is 1. The number of anilines is 1. The highest BCUT2D eigenvalue weighted by molar-refractivity contribution is 5.87. The van der Waals surface area contributed by atoms with Crippen molar-refractivity contribution in [3.05, 3.63) is 59.8 Å². The molecule has 2 aromatic carbocycles. The molecule has 0 aliphatic heterocycles. The van der Waals surface area contributed by atoms with Gasteiger partial charge in [-0.1, -0.05) is 6.07 Å². The molecule has 0 radical (unpaired) electrons. The molecule has 0 bridgehead atoms. The molecule has 0 spiro atoms. The maximum Gasteiger partial charge on any atom is 0.138 e. The van der Waals surface area contributed by atoms with Crippen LogP contribution in [0.4, 0.5) is 5.69 Å². The topological polar surface area (TPSA) is 48.1 Å². The van der Waals surface area contributed by atoms with Crippen molar-refractivity contribution >= 4 is 16.6 Å². The summed E-state index contributed by atoms with van der Waals surface area (Å²) < 4.78 is 6.08. The number of ether oxygens (including phenoxy) is 1. The third-order valence-corrected chi connectivity index (χ3v) is 4.02. The van der Waals surface area contributed by atoms with Crippen LogP contribution in [0.5, 0.6) is 11.5 Å². The lowest BCUT2D eigenvalue weighted by molar-refractivity contribution is 0.487. The first-order valence-electron chi connectivity index (χ1n) is 7.23. The van der Waals surface area contributed by atoms with Crippen LogP contribution in [0.3, 0.4) is 0 Å². The van der Waals surface area contributed by atoms with E-state index in [0.717, 1.165) is 28.8 Å². The van der Waals surface area contributed by atoms with E-state index in [2.05, 4.69) is 17.1 Å². The third kappa shape index (κ3) is 2.21. The Morgan fingerprint density at radius 2 is 1.86 bits per heavy atom. The van der Waals surface area contributed by atoms with Crippen molar-refractivity contribution in [2.24, 2.45) is 0 Å². The van der Waals surface area contributed by atoms with E-state index in [1.54, 1.807) is 6.20 Å². The molecule has 0 fully saturated rings. The molecule has 3 nitrogen and oxygen atoms in total. The summed E-state index contributed by atoms with van der Waals surface area (Å²) in [6.07, 6.45) is 5.34. The number of aryl methyl sites for hydroxylation is 2. The molecule has 1 heterocycles. The van der Waals surface area contributed by atoms with E-state index < -0.39 is 0 Å². The maximum atomic E-state index is 6.08. The van der Waals surface area contributed by atoms with Crippen LogP contribution in [0.15, 0.2) is 48.7 Å². The molecule has 1 aliphatic carbocycles. The van der Waals surface area contributed by atoms with Gasteiger partial charge in [0.15, 0.2) is 0 Å². The van der Waals surface area contributed by atoms with Crippen molar-refractivity contribution in [3.8, 4) is 11.5 Å². The predicted molar refractivity (Wildman–Crippen MR) is 84.7 cm³/mol. The third-order valence-electron chi connectivity index (χ3n) is 4.02. The standard InChI is InChI=1S/C18H16N2O/c19-14-5-7-16-17(11-14)20-9-8-18(16)21-15-6-4-12-2-1-3-13(12)10-15/h4-11H,1-3,19H2. The molecule has 0 saturated carbocycles. The van der Waals surface area contributed by atoms with Gasteiger partial charge in [-0.3, -0.25) is 4.98 Å². The highest BCUT2D eigenvalue weighted by atomic mass is 16.5. The van der Waals surface area contributed by atoms with Crippen LogP contribution < -0.4 is 10.5 Å².